The third kappa shape index (κ3) is 3.67. The van der Waals surface area contributed by atoms with Crippen LogP contribution in [0.4, 0.5) is 21.9 Å². The number of fused-ring (bicyclic) bond motifs is 1. The molecular weight excluding hydrogens is 352 g/mol. The Bertz CT molecular complexity index is 860. The van der Waals surface area contributed by atoms with E-state index in [2.05, 4.69) is 5.32 Å². The molecule has 0 saturated carbocycles. The number of hydrogen-bond donors (Lipinski definition) is 2. The molecule has 1 fully saturated rings. The molecular formula is C22H26N4O2. The summed E-state index contributed by atoms with van der Waals surface area (Å²) in [6.45, 7) is 1.92. The fourth-order valence-corrected chi connectivity index (χ4v) is 4.15. The van der Waals surface area contributed by atoms with Gasteiger partial charge in [0.1, 0.15) is 0 Å². The molecule has 0 unspecified atom stereocenters. The average Bonchev–Trinajstić information content (AvgIpc) is 2.74. The Morgan fingerprint density at radius 1 is 0.964 bits per heavy atom. The van der Waals surface area contributed by atoms with Crippen molar-refractivity contribution in [3.8, 4) is 0 Å². The Labute approximate surface area is 165 Å². The number of hydrogen-bond acceptors (Lipinski definition) is 3. The highest BCUT2D eigenvalue weighted by Gasteiger charge is 2.32. The third-order valence-corrected chi connectivity index (χ3v) is 5.71. The maximum atomic E-state index is 13.2. The van der Waals surface area contributed by atoms with Crippen molar-refractivity contribution in [1.29, 1.82) is 0 Å². The Morgan fingerprint density at radius 2 is 1.71 bits per heavy atom. The predicted molar refractivity (Wildman–Crippen MR) is 111 cm³/mol. The molecule has 0 aromatic heterocycles. The zero-order valence-corrected chi connectivity index (χ0v) is 15.9. The number of benzene rings is 2. The van der Waals surface area contributed by atoms with E-state index in [1.807, 2.05) is 53.4 Å². The maximum Gasteiger partial charge on any atom is 0.321 e. The van der Waals surface area contributed by atoms with E-state index in [-0.39, 0.29) is 17.9 Å². The first-order chi connectivity index (χ1) is 13.6. The van der Waals surface area contributed by atoms with Crippen LogP contribution >= 0.6 is 0 Å². The molecule has 0 aliphatic carbocycles. The second kappa shape index (κ2) is 7.92. The van der Waals surface area contributed by atoms with E-state index in [0.29, 0.717) is 25.9 Å². The van der Waals surface area contributed by atoms with Crippen molar-refractivity contribution in [2.75, 3.05) is 35.6 Å². The minimum atomic E-state index is -0.104. The number of anilines is 3. The van der Waals surface area contributed by atoms with Crippen LogP contribution in [0.15, 0.2) is 48.5 Å². The molecule has 0 radical (unpaired) electrons. The van der Waals surface area contributed by atoms with Gasteiger partial charge < -0.3 is 20.9 Å². The van der Waals surface area contributed by atoms with Crippen LogP contribution in [-0.4, -0.2) is 36.5 Å². The number of carbonyl (C=O) groups is 2. The van der Waals surface area contributed by atoms with E-state index in [9.17, 15) is 9.59 Å². The summed E-state index contributed by atoms with van der Waals surface area (Å²) in [6.07, 6.45) is 3.24. The topological polar surface area (TPSA) is 78.7 Å². The summed E-state index contributed by atoms with van der Waals surface area (Å²) in [5.41, 5.74) is 9.70. The van der Waals surface area contributed by atoms with Gasteiger partial charge in [-0.05, 0) is 55.5 Å². The lowest BCUT2D eigenvalue weighted by Crippen LogP contribution is -2.46. The zero-order valence-electron chi connectivity index (χ0n) is 15.9. The molecule has 2 heterocycles. The Morgan fingerprint density at radius 3 is 2.46 bits per heavy atom. The van der Waals surface area contributed by atoms with Crippen molar-refractivity contribution in [3.63, 3.8) is 0 Å². The van der Waals surface area contributed by atoms with Gasteiger partial charge in [-0.1, -0.05) is 24.3 Å². The molecule has 6 nitrogen and oxygen atoms in total. The van der Waals surface area contributed by atoms with Crippen molar-refractivity contribution >= 4 is 29.0 Å². The van der Waals surface area contributed by atoms with Gasteiger partial charge in [-0.25, -0.2) is 4.79 Å². The van der Waals surface area contributed by atoms with E-state index >= 15 is 0 Å². The maximum absolute atomic E-state index is 13.2. The lowest BCUT2D eigenvalue weighted by atomic mass is 9.93. The van der Waals surface area contributed by atoms with E-state index in [1.165, 1.54) is 0 Å². The van der Waals surface area contributed by atoms with Crippen LogP contribution in [0.2, 0.25) is 0 Å². The number of nitrogen functional groups attached to an aromatic ring is 1. The van der Waals surface area contributed by atoms with Gasteiger partial charge in [0.25, 0.3) is 0 Å². The molecule has 146 valence electrons. The normalized spacial score (nSPS) is 17.1. The Hall–Kier alpha value is -3.02. The van der Waals surface area contributed by atoms with Gasteiger partial charge >= 0.3 is 6.03 Å². The number of carbonyl (C=O) groups excluding carboxylic acids is 2. The highest BCUT2D eigenvalue weighted by atomic mass is 16.2. The molecule has 3 amide bonds. The van der Waals surface area contributed by atoms with Gasteiger partial charge in [-0.3, -0.25) is 4.79 Å². The summed E-state index contributed by atoms with van der Waals surface area (Å²) in [5.74, 6) is 0.114. The van der Waals surface area contributed by atoms with Crippen LogP contribution in [0, 0.1) is 5.92 Å². The number of piperidine rings is 1. The van der Waals surface area contributed by atoms with E-state index in [0.717, 1.165) is 42.0 Å². The van der Waals surface area contributed by atoms with E-state index in [1.54, 1.807) is 4.90 Å². The molecule has 28 heavy (non-hydrogen) atoms. The fourth-order valence-electron chi connectivity index (χ4n) is 4.15. The molecule has 4 rings (SSSR count). The monoisotopic (exact) mass is 378 g/mol. The first-order valence-electron chi connectivity index (χ1n) is 9.93. The number of amides is 3. The van der Waals surface area contributed by atoms with Crippen molar-refractivity contribution in [2.24, 2.45) is 5.92 Å². The molecule has 6 heteroatoms. The summed E-state index contributed by atoms with van der Waals surface area (Å²) in [6, 6.07) is 15.1. The summed E-state index contributed by atoms with van der Waals surface area (Å²) < 4.78 is 0. The highest BCUT2D eigenvalue weighted by molar-refractivity contribution is 5.97. The number of likely N-dealkylation sites (tertiary alicyclic amines) is 1. The summed E-state index contributed by atoms with van der Waals surface area (Å²) in [4.78, 5) is 29.3. The van der Waals surface area contributed by atoms with Gasteiger partial charge in [0.2, 0.25) is 5.91 Å². The van der Waals surface area contributed by atoms with Crippen molar-refractivity contribution in [2.45, 2.75) is 25.7 Å². The van der Waals surface area contributed by atoms with Crippen LogP contribution in [0.5, 0.6) is 0 Å². The molecule has 0 atom stereocenters. The first kappa shape index (κ1) is 18.3. The summed E-state index contributed by atoms with van der Waals surface area (Å²) in [5, 5.41) is 2.92. The molecule has 3 N–H and O–H groups in total. The highest BCUT2D eigenvalue weighted by Crippen LogP contribution is 2.33. The van der Waals surface area contributed by atoms with Gasteiger partial charge in [-0.15, -0.1) is 0 Å². The SMILES string of the molecule is Nc1cccc2c1CCCN2C(=O)C1CCN(C(=O)Nc2ccccc2)CC1. The van der Waals surface area contributed by atoms with Crippen molar-refractivity contribution in [3.05, 3.63) is 54.1 Å². The Balaban J connectivity index is 1.37. The number of nitrogens with one attached hydrogen (secondary N) is 1. The fraction of sp³-hybridized carbons (Fsp3) is 0.364. The quantitative estimate of drug-likeness (QED) is 0.785. The number of urea groups is 1. The standard InChI is InChI=1S/C22H26N4O2/c23-19-9-4-10-20-18(19)8-5-13-26(20)21(27)16-11-14-25(15-12-16)22(28)24-17-6-2-1-3-7-17/h1-4,6-7,9-10,16H,5,8,11-15,23H2,(H,24,28). The van der Waals surface area contributed by atoms with E-state index < -0.39 is 0 Å². The summed E-state index contributed by atoms with van der Waals surface area (Å²) in [7, 11) is 0. The van der Waals surface area contributed by atoms with E-state index in [4.69, 9.17) is 5.73 Å². The van der Waals surface area contributed by atoms with Crippen molar-refractivity contribution in [1.82, 2.24) is 4.90 Å². The summed E-state index contributed by atoms with van der Waals surface area (Å²) >= 11 is 0. The molecule has 2 aliphatic heterocycles. The molecule has 2 aromatic carbocycles. The second-order valence-electron chi connectivity index (χ2n) is 7.50. The molecule has 1 saturated heterocycles. The first-order valence-corrected chi connectivity index (χ1v) is 9.93. The molecule has 2 aromatic rings. The number of nitrogens with zero attached hydrogens (tertiary/aromatic N) is 2. The lowest BCUT2D eigenvalue weighted by molar-refractivity contribution is -0.123. The van der Waals surface area contributed by atoms with Crippen LogP contribution in [0.3, 0.4) is 0 Å². The zero-order chi connectivity index (χ0) is 19.5. The molecule has 2 aliphatic rings. The predicted octanol–water partition coefficient (Wildman–Crippen LogP) is 3.49. The number of para-hydroxylation sites is 1. The van der Waals surface area contributed by atoms with Crippen molar-refractivity contribution < 1.29 is 9.59 Å². The second-order valence-corrected chi connectivity index (χ2v) is 7.50. The minimum absolute atomic E-state index is 0.0480. The van der Waals surface area contributed by atoms with Gasteiger partial charge in [0.05, 0.1) is 0 Å². The van der Waals surface area contributed by atoms with Crippen LogP contribution in [0.1, 0.15) is 24.8 Å². The number of nitrogens with two attached hydrogens (primary N) is 1. The van der Waals surface area contributed by atoms with Gasteiger partial charge in [0.15, 0.2) is 0 Å². The Kier molecular flexibility index (Phi) is 5.19. The van der Waals surface area contributed by atoms with Crippen LogP contribution < -0.4 is 16.0 Å². The van der Waals surface area contributed by atoms with Gasteiger partial charge in [0, 0.05) is 42.6 Å². The smallest absolute Gasteiger partial charge is 0.321 e. The van der Waals surface area contributed by atoms with Crippen LogP contribution in [-0.2, 0) is 11.2 Å². The minimum Gasteiger partial charge on any atom is -0.398 e. The third-order valence-electron chi connectivity index (χ3n) is 5.71. The molecule has 0 bridgehead atoms. The molecule has 0 spiro atoms. The lowest BCUT2D eigenvalue weighted by Gasteiger charge is -2.36. The van der Waals surface area contributed by atoms with Gasteiger partial charge in [-0.2, -0.15) is 0 Å². The van der Waals surface area contributed by atoms with Crippen LogP contribution in [0.25, 0.3) is 0 Å². The largest absolute Gasteiger partial charge is 0.398 e. The number of rotatable bonds is 2. The average molecular weight is 378 g/mol.